The second-order valence-corrected chi connectivity index (χ2v) is 6.51. The van der Waals surface area contributed by atoms with Gasteiger partial charge in [-0.25, -0.2) is 4.68 Å². The molecule has 0 bridgehead atoms. The number of nitrogens with zero attached hydrogens (tertiary/aromatic N) is 4. The maximum atomic E-state index is 12.4. The van der Waals surface area contributed by atoms with E-state index in [2.05, 4.69) is 20.8 Å². The standard InChI is InChI=1S/C17H23N5O/c23-16(18-12-15-7-3-1-4-8-15)11-17(9-5-2-6-10-17)13-22-14-19-20-21-22/h1,3-4,7-8,14H,2,5-6,9-13H2,(H,18,23). The van der Waals surface area contributed by atoms with Crippen LogP contribution in [0, 0.1) is 5.41 Å². The maximum absolute atomic E-state index is 12.4. The van der Waals surface area contributed by atoms with Gasteiger partial charge in [-0.2, -0.15) is 0 Å². The Labute approximate surface area is 136 Å². The lowest BCUT2D eigenvalue weighted by atomic mass is 9.71. The van der Waals surface area contributed by atoms with E-state index >= 15 is 0 Å². The normalized spacial score (nSPS) is 16.9. The van der Waals surface area contributed by atoms with E-state index in [1.807, 2.05) is 30.3 Å². The van der Waals surface area contributed by atoms with Crippen LogP contribution in [0.2, 0.25) is 0 Å². The van der Waals surface area contributed by atoms with Gasteiger partial charge < -0.3 is 5.32 Å². The molecule has 1 aromatic heterocycles. The zero-order valence-electron chi connectivity index (χ0n) is 13.3. The van der Waals surface area contributed by atoms with Crippen LogP contribution < -0.4 is 5.32 Å². The lowest BCUT2D eigenvalue weighted by Crippen LogP contribution is -2.36. The van der Waals surface area contributed by atoms with Crippen molar-refractivity contribution in [3.8, 4) is 0 Å². The predicted octanol–water partition coefficient (Wildman–Crippen LogP) is 2.33. The van der Waals surface area contributed by atoms with Gasteiger partial charge in [0.25, 0.3) is 0 Å². The summed E-state index contributed by atoms with van der Waals surface area (Å²) in [5.41, 5.74) is 1.10. The molecule has 1 aliphatic carbocycles. The van der Waals surface area contributed by atoms with Crippen LogP contribution >= 0.6 is 0 Å². The third kappa shape index (κ3) is 4.37. The minimum Gasteiger partial charge on any atom is -0.352 e. The molecule has 0 atom stereocenters. The lowest BCUT2D eigenvalue weighted by molar-refractivity contribution is -0.124. The first kappa shape index (κ1) is 15.6. The van der Waals surface area contributed by atoms with E-state index < -0.39 is 0 Å². The van der Waals surface area contributed by atoms with E-state index in [1.165, 1.54) is 19.3 Å². The Bertz CT molecular complexity index is 605. The molecule has 122 valence electrons. The number of benzene rings is 1. The van der Waals surface area contributed by atoms with E-state index in [4.69, 9.17) is 0 Å². The minimum absolute atomic E-state index is 0.0194. The summed E-state index contributed by atoms with van der Waals surface area (Å²) in [6.45, 7) is 1.30. The van der Waals surface area contributed by atoms with Crippen molar-refractivity contribution >= 4 is 5.91 Å². The topological polar surface area (TPSA) is 72.7 Å². The summed E-state index contributed by atoms with van der Waals surface area (Å²) in [4.78, 5) is 12.4. The molecule has 0 saturated heterocycles. The highest BCUT2D eigenvalue weighted by Gasteiger charge is 2.35. The summed E-state index contributed by atoms with van der Waals surface area (Å²) in [6.07, 6.45) is 7.90. The number of tetrazole rings is 1. The molecule has 23 heavy (non-hydrogen) atoms. The van der Waals surface area contributed by atoms with Crippen molar-refractivity contribution < 1.29 is 4.79 Å². The smallest absolute Gasteiger partial charge is 0.220 e. The van der Waals surface area contributed by atoms with Crippen LogP contribution in [0.3, 0.4) is 0 Å². The Kier molecular flexibility index (Phi) is 5.00. The van der Waals surface area contributed by atoms with Crippen LogP contribution in [0.15, 0.2) is 36.7 Å². The first-order valence-corrected chi connectivity index (χ1v) is 8.27. The molecule has 6 nitrogen and oxygen atoms in total. The highest BCUT2D eigenvalue weighted by atomic mass is 16.1. The third-order valence-corrected chi connectivity index (χ3v) is 4.67. The molecule has 0 aliphatic heterocycles. The second-order valence-electron chi connectivity index (χ2n) is 6.51. The first-order valence-electron chi connectivity index (χ1n) is 8.27. The molecule has 2 aromatic rings. The van der Waals surface area contributed by atoms with E-state index in [0.29, 0.717) is 13.0 Å². The van der Waals surface area contributed by atoms with Gasteiger partial charge in [-0.15, -0.1) is 5.10 Å². The zero-order chi connectivity index (χ0) is 16.0. The van der Waals surface area contributed by atoms with Gasteiger partial charge in [0.05, 0.1) is 6.54 Å². The third-order valence-electron chi connectivity index (χ3n) is 4.67. The van der Waals surface area contributed by atoms with Crippen LogP contribution in [-0.4, -0.2) is 26.1 Å². The molecule has 3 rings (SSSR count). The number of hydrogen-bond donors (Lipinski definition) is 1. The van der Waals surface area contributed by atoms with Gasteiger partial charge in [0.15, 0.2) is 0 Å². The van der Waals surface area contributed by atoms with Gasteiger partial charge in [0.1, 0.15) is 6.33 Å². The van der Waals surface area contributed by atoms with Gasteiger partial charge in [0.2, 0.25) is 5.91 Å². The molecule has 1 saturated carbocycles. The SMILES string of the molecule is O=C(CC1(Cn2cnnn2)CCCCC1)NCc1ccccc1. The molecule has 0 spiro atoms. The molecule has 0 radical (unpaired) electrons. The number of hydrogen-bond acceptors (Lipinski definition) is 4. The average Bonchev–Trinajstić information content (AvgIpc) is 3.07. The van der Waals surface area contributed by atoms with E-state index in [9.17, 15) is 4.79 Å². The fourth-order valence-electron chi connectivity index (χ4n) is 3.49. The Morgan fingerprint density at radius 3 is 2.65 bits per heavy atom. The lowest BCUT2D eigenvalue weighted by Gasteiger charge is -2.36. The van der Waals surface area contributed by atoms with Crippen molar-refractivity contribution in [3.63, 3.8) is 0 Å². The summed E-state index contributed by atoms with van der Waals surface area (Å²) in [5, 5.41) is 14.4. The second kappa shape index (κ2) is 7.35. The van der Waals surface area contributed by atoms with Crippen molar-refractivity contribution in [1.82, 2.24) is 25.5 Å². The molecule has 6 heteroatoms. The average molecular weight is 313 g/mol. The number of amides is 1. The van der Waals surface area contributed by atoms with Crippen LogP contribution in [0.5, 0.6) is 0 Å². The van der Waals surface area contributed by atoms with Crippen molar-refractivity contribution in [3.05, 3.63) is 42.2 Å². The summed E-state index contributed by atoms with van der Waals surface area (Å²) in [5.74, 6) is 0.115. The number of carbonyl (C=O) groups excluding carboxylic acids is 1. The molecule has 1 amide bonds. The number of rotatable bonds is 6. The van der Waals surface area contributed by atoms with Gasteiger partial charge in [-0.05, 0) is 34.2 Å². The summed E-state index contributed by atoms with van der Waals surface area (Å²) < 4.78 is 1.76. The predicted molar refractivity (Wildman–Crippen MR) is 86.2 cm³/mol. The van der Waals surface area contributed by atoms with Crippen LogP contribution in [0.4, 0.5) is 0 Å². The fraction of sp³-hybridized carbons (Fsp3) is 0.529. The monoisotopic (exact) mass is 313 g/mol. The van der Waals surface area contributed by atoms with E-state index in [0.717, 1.165) is 24.9 Å². The van der Waals surface area contributed by atoms with Crippen molar-refractivity contribution in [2.75, 3.05) is 0 Å². The molecule has 1 aliphatic rings. The van der Waals surface area contributed by atoms with E-state index in [1.54, 1.807) is 11.0 Å². The Morgan fingerprint density at radius 2 is 1.96 bits per heavy atom. The first-order chi connectivity index (χ1) is 11.3. The van der Waals surface area contributed by atoms with Gasteiger partial charge in [-0.1, -0.05) is 49.6 Å². The Morgan fingerprint density at radius 1 is 1.17 bits per heavy atom. The van der Waals surface area contributed by atoms with Gasteiger partial charge in [-0.3, -0.25) is 4.79 Å². The molecule has 1 N–H and O–H groups in total. The highest BCUT2D eigenvalue weighted by molar-refractivity contribution is 5.76. The molecule has 1 heterocycles. The van der Waals surface area contributed by atoms with Crippen molar-refractivity contribution in [1.29, 1.82) is 0 Å². The Hall–Kier alpha value is -2.24. The van der Waals surface area contributed by atoms with Crippen molar-refractivity contribution in [2.24, 2.45) is 5.41 Å². The maximum Gasteiger partial charge on any atom is 0.220 e. The van der Waals surface area contributed by atoms with Gasteiger partial charge >= 0.3 is 0 Å². The minimum atomic E-state index is -0.0194. The number of carbonyl (C=O) groups is 1. The molecular weight excluding hydrogens is 290 g/mol. The summed E-state index contributed by atoms with van der Waals surface area (Å²) >= 11 is 0. The Balaban J connectivity index is 1.60. The molecule has 0 unspecified atom stereocenters. The largest absolute Gasteiger partial charge is 0.352 e. The number of aromatic nitrogens is 4. The molecule has 1 aromatic carbocycles. The van der Waals surface area contributed by atoms with Crippen molar-refractivity contribution in [2.45, 2.75) is 51.6 Å². The summed E-state index contributed by atoms with van der Waals surface area (Å²) in [6, 6.07) is 10.0. The molecule has 1 fully saturated rings. The quantitative estimate of drug-likeness (QED) is 0.888. The van der Waals surface area contributed by atoms with Crippen LogP contribution in [0.1, 0.15) is 44.1 Å². The van der Waals surface area contributed by atoms with E-state index in [-0.39, 0.29) is 11.3 Å². The fourth-order valence-corrected chi connectivity index (χ4v) is 3.49. The van der Waals surface area contributed by atoms with Crippen LogP contribution in [-0.2, 0) is 17.9 Å². The molecular formula is C17H23N5O. The zero-order valence-corrected chi connectivity index (χ0v) is 13.3. The number of nitrogens with one attached hydrogen (secondary N) is 1. The van der Waals surface area contributed by atoms with Gasteiger partial charge in [0, 0.05) is 13.0 Å². The van der Waals surface area contributed by atoms with Crippen LogP contribution in [0.25, 0.3) is 0 Å². The highest BCUT2D eigenvalue weighted by Crippen LogP contribution is 2.40. The summed E-state index contributed by atoms with van der Waals surface area (Å²) in [7, 11) is 0.